The second-order valence-corrected chi connectivity index (χ2v) is 6.88. The summed E-state index contributed by atoms with van der Waals surface area (Å²) in [5.41, 5.74) is 0.256. The van der Waals surface area contributed by atoms with Gasteiger partial charge in [-0.1, -0.05) is 18.6 Å². The highest BCUT2D eigenvalue weighted by atomic mass is 16.5. The van der Waals surface area contributed by atoms with Crippen molar-refractivity contribution in [3.05, 3.63) is 29.8 Å². The van der Waals surface area contributed by atoms with Gasteiger partial charge in [0.15, 0.2) is 6.61 Å². The van der Waals surface area contributed by atoms with Gasteiger partial charge >= 0.3 is 5.97 Å². The molecule has 2 bridgehead atoms. The van der Waals surface area contributed by atoms with Gasteiger partial charge in [-0.05, 0) is 49.1 Å². The fourth-order valence-electron chi connectivity index (χ4n) is 4.11. The zero-order chi connectivity index (χ0) is 17.8. The summed E-state index contributed by atoms with van der Waals surface area (Å²) in [4.78, 5) is 35.9. The number of nitrogens with one attached hydrogen (secondary N) is 1. The molecule has 0 saturated heterocycles. The van der Waals surface area contributed by atoms with Crippen molar-refractivity contribution in [3.8, 4) is 5.75 Å². The summed E-state index contributed by atoms with van der Waals surface area (Å²) in [5, 5.41) is 2.21. The Morgan fingerprint density at radius 1 is 1.16 bits per heavy atom. The first-order valence-corrected chi connectivity index (χ1v) is 8.69. The molecule has 0 aromatic heterocycles. The van der Waals surface area contributed by atoms with E-state index in [9.17, 15) is 14.4 Å². The van der Waals surface area contributed by atoms with Gasteiger partial charge in [-0.25, -0.2) is 0 Å². The highest BCUT2D eigenvalue weighted by Crippen LogP contribution is 2.49. The summed E-state index contributed by atoms with van der Waals surface area (Å²) in [6.07, 6.45) is 5.18. The van der Waals surface area contributed by atoms with Crippen LogP contribution in [0.15, 0.2) is 24.3 Å². The third kappa shape index (κ3) is 4.18. The molecule has 3 rings (SSSR count). The molecule has 0 spiro atoms. The normalized spacial score (nSPS) is 24.0. The number of hydrogen-bond donors (Lipinski definition) is 1. The second-order valence-electron chi connectivity index (χ2n) is 6.88. The number of fused-ring (bicyclic) bond motifs is 2. The molecule has 2 aliphatic carbocycles. The smallest absolute Gasteiger partial charge is 0.306 e. The molecule has 6 nitrogen and oxygen atoms in total. The average molecular weight is 345 g/mol. The summed E-state index contributed by atoms with van der Waals surface area (Å²) >= 11 is 0. The van der Waals surface area contributed by atoms with Crippen molar-refractivity contribution in [1.29, 1.82) is 0 Å². The predicted molar refractivity (Wildman–Crippen MR) is 90.0 cm³/mol. The Morgan fingerprint density at radius 3 is 2.64 bits per heavy atom. The molecular formula is C19H23NO5. The van der Waals surface area contributed by atoms with Crippen LogP contribution in [0.4, 0.5) is 0 Å². The molecule has 0 aliphatic heterocycles. The monoisotopic (exact) mass is 345 g/mol. The lowest BCUT2D eigenvalue weighted by Crippen LogP contribution is -2.34. The number of esters is 1. The van der Waals surface area contributed by atoms with Crippen LogP contribution in [0, 0.1) is 17.8 Å². The maximum atomic E-state index is 12.1. The third-order valence-electron chi connectivity index (χ3n) is 5.28. The largest absolute Gasteiger partial charge is 0.496 e. The molecule has 2 saturated carbocycles. The van der Waals surface area contributed by atoms with Crippen LogP contribution in [-0.4, -0.2) is 31.5 Å². The number of para-hydroxylation sites is 1. The van der Waals surface area contributed by atoms with Crippen molar-refractivity contribution in [3.63, 3.8) is 0 Å². The summed E-state index contributed by atoms with van der Waals surface area (Å²) in [5.74, 6) is 0.593. The van der Waals surface area contributed by atoms with Gasteiger partial charge in [0.05, 0.1) is 12.7 Å². The Labute approximate surface area is 146 Å². The van der Waals surface area contributed by atoms with Crippen molar-refractivity contribution in [2.75, 3.05) is 13.7 Å². The van der Waals surface area contributed by atoms with Crippen LogP contribution in [0.1, 0.15) is 42.5 Å². The molecular weight excluding hydrogens is 322 g/mol. The molecule has 2 amide bonds. The molecule has 1 aromatic rings. The number of rotatable bonds is 6. The van der Waals surface area contributed by atoms with E-state index in [1.54, 1.807) is 24.3 Å². The second kappa shape index (κ2) is 7.68. The van der Waals surface area contributed by atoms with Crippen molar-refractivity contribution >= 4 is 17.8 Å². The molecule has 25 heavy (non-hydrogen) atoms. The minimum atomic E-state index is -0.641. The first kappa shape index (κ1) is 17.5. The Bertz CT molecular complexity index is 672. The fourth-order valence-corrected chi connectivity index (χ4v) is 4.11. The van der Waals surface area contributed by atoms with Gasteiger partial charge in [-0.3, -0.25) is 19.7 Å². The van der Waals surface area contributed by atoms with Gasteiger partial charge in [0.1, 0.15) is 5.75 Å². The van der Waals surface area contributed by atoms with Gasteiger partial charge in [-0.2, -0.15) is 0 Å². The van der Waals surface area contributed by atoms with Gasteiger partial charge in [0.25, 0.3) is 11.8 Å². The number of carbonyl (C=O) groups excluding carboxylic acids is 3. The predicted octanol–water partition coefficient (Wildman–Crippen LogP) is 2.32. The van der Waals surface area contributed by atoms with E-state index in [0.717, 1.165) is 12.3 Å². The van der Waals surface area contributed by atoms with Gasteiger partial charge in [0.2, 0.25) is 0 Å². The standard InChI is InChI=1S/C19H23NO5/c1-24-16-5-3-2-4-15(16)19(23)20-17(21)11-25-18(22)10-14-9-12-6-7-13(14)8-12/h2-5,12-14H,6-11H2,1H3,(H,20,21,23)/t12-,13+,14-/m0/s1. The minimum absolute atomic E-state index is 0.256. The number of ether oxygens (including phenoxy) is 2. The summed E-state index contributed by atoms with van der Waals surface area (Å²) in [6, 6.07) is 6.60. The number of benzene rings is 1. The maximum absolute atomic E-state index is 12.1. The summed E-state index contributed by atoms with van der Waals surface area (Å²) in [6.45, 7) is -0.444. The van der Waals surface area contributed by atoms with Gasteiger partial charge < -0.3 is 9.47 Å². The molecule has 1 aromatic carbocycles. The van der Waals surface area contributed by atoms with Crippen LogP contribution in [0.25, 0.3) is 0 Å². The van der Waals surface area contributed by atoms with Crippen molar-refractivity contribution in [1.82, 2.24) is 5.32 Å². The van der Waals surface area contributed by atoms with E-state index in [1.807, 2.05) is 0 Å². The molecule has 0 radical (unpaired) electrons. The summed E-state index contributed by atoms with van der Waals surface area (Å²) in [7, 11) is 1.45. The molecule has 2 aliphatic rings. The van der Waals surface area contributed by atoms with E-state index in [1.165, 1.54) is 26.4 Å². The van der Waals surface area contributed by atoms with E-state index in [4.69, 9.17) is 9.47 Å². The van der Waals surface area contributed by atoms with Crippen LogP contribution >= 0.6 is 0 Å². The van der Waals surface area contributed by atoms with E-state index >= 15 is 0 Å². The van der Waals surface area contributed by atoms with E-state index in [0.29, 0.717) is 24.0 Å². The Balaban J connectivity index is 1.43. The SMILES string of the molecule is COc1ccccc1C(=O)NC(=O)COC(=O)C[C@@H]1C[C@H]2CC[C@@H]1C2. The highest BCUT2D eigenvalue weighted by molar-refractivity contribution is 6.06. The number of amides is 2. The van der Waals surface area contributed by atoms with E-state index in [2.05, 4.69) is 5.32 Å². The van der Waals surface area contributed by atoms with Crippen LogP contribution in [0.5, 0.6) is 5.75 Å². The molecule has 0 unspecified atom stereocenters. The topological polar surface area (TPSA) is 81.7 Å². The summed E-state index contributed by atoms with van der Waals surface area (Å²) < 4.78 is 10.1. The van der Waals surface area contributed by atoms with Gasteiger partial charge in [0, 0.05) is 6.42 Å². The third-order valence-corrected chi connectivity index (χ3v) is 5.28. The van der Waals surface area contributed by atoms with Crippen LogP contribution < -0.4 is 10.1 Å². The highest BCUT2D eigenvalue weighted by Gasteiger charge is 2.40. The van der Waals surface area contributed by atoms with Crippen LogP contribution in [0.3, 0.4) is 0 Å². The molecule has 3 atom stereocenters. The van der Waals surface area contributed by atoms with Crippen LogP contribution in [0.2, 0.25) is 0 Å². The van der Waals surface area contributed by atoms with Crippen molar-refractivity contribution < 1.29 is 23.9 Å². The zero-order valence-electron chi connectivity index (χ0n) is 14.3. The fraction of sp³-hybridized carbons (Fsp3) is 0.526. The Morgan fingerprint density at radius 2 is 1.96 bits per heavy atom. The quantitative estimate of drug-likeness (QED) is 0.800. The number of imide groups is 1. The molecule has 2 fully saturated rings. The molecule has 6 heteroatoms. The van der Waals surface area contributed by atoms with E-state index in [-0.39, 0.29) is 11.5 Å². The zero-order valence-corrected chi connectivity index (χ0v) is 14.3. The van der Waals surface area contributed by atoms with Gasteiger partial charge in [-0.15, -0.1) is 0 Å². The first-order valence-electron chi connectivity index (χ1n) is 8.69. The Hall–Kier alpha value is -2.37. The van der Waals surface area contributed by atoms with Crippen molar-refractivity contribution in [2.24, 2.45) is 17.8 Å². The van der Waals surface area contributed by atoms with E-state index < -0.39 is 18.4 Å². The lowest BCUT2D eigenvalue weighted by molar-refractivity contribution is -0.149. The molecule has 1 N–H and O–H groups in total. The first-order chi connectivity index (χ1) is 12.1. The molecule has 0 heterocycles. The Kier molecular flexibility index (Phi) is 5.36. The number of methoxy groups -OCH3 is 1. The minimum Gasteiger partial charge on any atom is -0.496 e. The average Bonchev–Trinajstić information content (AvgIpc) is 3.22. The lowest BCUT2D eigenvalue weighted by Gasteiger charge is -2.20. The lowest BCUT2D eigenvalue weighted by atomic mass is 9.86. The van der Waals surface area contributed by atoms with Crippen LogP contribution in [-0.2, 0) is 14.3 Å². The number of carbonyl (C=O) groups is 3. The number of hydrogen-bond acceptors (Lipinski definition) is 5. The molecule has 134 valence electrons. The van der Waals surface area contributed by atoms with Crippen molar-refractivity contribution in [2.45, 2.75) is 32.1 Å². The maximum Gasteiger partial charge on any atom is 0.306 e.